The summed E-state index contributed by atoms with van der Waals surface area (Å²) in [5.74, 6) is -1.85. The summed E-state index contributed by atoms with van der Waals surface area (Å²) >= 11 is 1.31. The molecule has 3 N–H and O–H groups in total. The molecule has 27 heavy (non-hydrogen) atoms. The fraction of sp³-hybridized carbons (Fsp3) is 0.556. The maximum absolute atomic E-state index is 12.0. The van der Waals surface area contributed by atoms with Crippen molar-refractivity contribution < 1.29 is 23.9 Å². The molecule has 4 amide bonds. The Labute approximate surface area is 162 Å². The molecule has 0 bridgehead atoms. The third-order valence-electron chi connectivity index (χ3n) is 4.21. The first-order chi connectivity index (χ1) is 12.8. The average molecular weight is 395 g/mol. The van der Waals surface area contributed by atoms with Crippen LogP contribution < -0.4 is 16.0 Å². The molecular weight excluding hydrogens is 370 g/mol. The minimum atomic E-state index is -1.14. The highest BCUT2D eigenvalue weighted by molar-refractivity contribution is 7.13. The molecule has 1 saturated carbocycles. The van der Waals surface area contributed by atoms with Crippen molar-refractivity contribution in [1.82, 2.24) is 16.0 Å². The van der Waals surface area contributed by atoms with Crippen LogP contribution in [0.25, 0.3) is 0 Å². The predicted molar refractivity (Wildman–Crippen MR) is 100 cm³/mol. The van der Waals surface area contributed by atoms with Crippen LogP contribution in [0.4, 0.5) is 4.79 Å². The molecule has 1 aromatic rings. The molecule has 2 rings (SSSR count). The van der Waals surface area contributed by atoms with Gasteiger partial charge in [0, 0.05) is 10.9 Å². The first kappa shape index (κ1) is 20.9. The number of carbonyl (C=O) groups excluding carboxylic acids is 4. The van der Waals surface area contributed by atoms with Crippen LogP contribution >= 0.6 is 11.3 Å². The minimum Gasteiger partial charge on any atom is -0.451 e. The number of nitrogens with one attached hydrogen (secondary N) is 3. The van der Waals surface area contributed by atoms with Crippen LogP contribution in [0.5, 0.6) is 0 Å². The summed E-state index contributed by atoms with van der Waals surface area (Å²) in [4.78, 5) is 48.9. The summed E-state index contributed by atoms with van der Waals surface area (Å²) in [7, 11) is 0. The molecule has 1 fully saturated rings. The lowest BCUT2D eigenvalue weighted by atomic mass is 9.96. The van der Waals surface area contributed by atoms with E-state index in [-0.39, 0.29) is 18.5 Å². The number of rotatable bonds is 6. The maximum atomic E-state index is 12.0. The largest absolute Gasteiger partial charge is 0.451 e. The highest BCUT2D eigenvalue weighted by Crippen LogP contribution is 2.17. The molecule has 1 heterocycles. The molecule has 148 valence electrons. The summed E-state index contributed by atoms with van der Waals surface area (Å²) < 4.78 is 4.95. The van der Waals surface area contributed by atoms with Gasteiger partial charge in [0.15, 0.2) is 6.10 Å². The lowest BCUT2D eigenvalue weighted by Crippen LogP contribution is -2.48. The number of hydrogen-bond acceptors (Lipinski definition) is 6. The van der Waals surface area contributed by atoms with E-state index in [9.17, 15) is 19.2 Å². The fourth-order valence-electron chi connectivity index (χ4n) is 2.77. The van der Waals surface area contributed by atoms with E-state index in [0.717, 1.165) is 37.0 Å². The van der Waals surface area contributed by atoms with Crippen LogP contribution in [0, 0.1) is 6.92 Å². The van der Waals surface area contributed by atoms with Crippen molar-refractivity contribution in [3.05, 3.63) is 21.9 Å². The minimum absolute atomic E-state index is 0.0699. The number of esters is 1. The van der Waals surface area contributed by atoms with E-state index < -0.39 is 24.0 Å². The molecule has 0 radical (unpaired) electrons. The van der Waals surface area contributed by atoms with Crippen LogP contribution in [0.1, 0.15) is 53.6 Å². The Bertz CT molecular complexity index is 697. The SMILES string of the molecule is Cc1ccc(C(=O)NCC(=O)O[C@@H](C)C(=O)NC(=O)NC2CCCCC2)s1. The highest BCUT2D eigenvalue weighted by atomic mass is 32.1. The van der Waals surface area contributed by atoms with E-state index in [1.165, 1.54) is 18.3 Å². The van der Waals surface area contributed by atoms with Crippen molar-refractivity contribution in [2.75, 3.05) is 6.54 Å². The topological polar surface area (TPSA) is 114 Å². The number of carbonyl (C=O) groups is 4. The Morgan fingerprint density at radius 3 is 2.52 bits per heavy atom. The van der Waals surface area contributed by atoms with E-state index >= 15 is 0 Å². The third kappa shape index (κ3) is 7.01. The summed E-state index contributed by atoms with van der Waals surface area (Å²) in [6.45, 7) is 2.88. The van der Waals surface area contributed by atoms with Gasteiger partial charge in [0.2, 0.25) is 0 Å². The van der Waals surface area contributed by atoms with Crippen LogP contribution in [0.2, 0.25) is 0 Å². The fourth-order valence-corrected chi connectivity index (χ4v) is 3.55. The molecule has 0 unspecified atom stereocenters. The smallest absolute Gasteiger partial charge is 0.326 e. The number of amides is 4. The van der Waals surface area contributed by atoms with Gasteiger partial charge in [-0.2, -0.15) is 0 Å². The van der Waals surface area contributed by atoms with Crippen LogP contribution in [0.15, 0.2) is 12.1 Å². The van der Waals surface area contributed by atoms with Gasteiger partial charge < -0.3 is 15.4 Å². The van der Waals surface area contributed by atoms with E-state index in [1.54, 1.807) is 6.07 Å². The van der Waals surface area contributed by atoms with Gasteiger partial charge in [-0.3, -0.25) is 19.7 Å². The standard InChI is InChI=1S/C18H25N3O5S/c1-11-8-9-14(27-11)17(24)19-10-15(22)26-12(2)16(23)21-18(25)20-13-6-4-3-5-7-13/h8-9,12-13H,3-7,10H2,1-2H3,(H,19,24)(H2,20,21,23,25)/t12-/m0/s1. The predicted octanol–water partition coefficient (Wildman–Crippen LogP) is 1.88. The van der Waals surface area contributed by atoms with Crippen LogP contribution in [-0.4, -0.2) is 42.5 Å². The number of urea groups is 1. The first-order valence-corrected chi connectivity index (χ1v) is 9.82. The summed E-state index contributed by atoms with van der Waals surface area (Å²) in [5.41, 5.74) is 0. The molecule has 8 nitrogen and oxygen atoms in total. The number of ether oxygens (including phenoxy) is 1. The molecule has 1 aromatic heterocycles. The molecule has 1 atom stereocenters. The zero-order chi connectivity index (χ0) is 19.8. The maximum Gasteiger partial charge on any atom is 0.326 e. The molecular formula is C18H25N3O5S. The molecule has 1 aliphatic rings. The van der Waals surface area contributed by atoms with Crippen molar-refractivity contribution in [2.45, 2.75) is 58.1 Å². The Morgan fingerprint density at radius 2 is 1.89 bits per heavy atom. The average Bonchev–Trinajstić information content (AvgIpc) is 3.06. The quantitative estimate of drug-likeness (QED) is 0.637. The second kappa shape index (κ2) is 10.1. The van der Waals surface area contributed by atoms with Gasteiger partial charge in [0.1, 0.15) is 6.54 Å². The third-order valence-corrected chi connectivity index (χ3v) is 5.21. The van der Waals surface area contributed by atoms with Gasteiger partial charge in [0.05, 0.1) is 4.88 Å². The van der Waals surface area contributed by atoms with Crippen LogP contribution in [0.3, 0.4) is 0 Å². The van der Waals surface area contributed by atoms with Crippen molar-refractivity contribution in [3.63, 3.8) is 0 Å². The highest BCUT2D eigenvalue weighted by Gasteiger charge is 2.22. The van der Waals surface area contributed by atoms with Crippen molar-refractivity contribution in [3.8, 4) is 0 Å². The second-order valence-electron chi connectivity index (χ2n) is 6.52. The normalized spacial score (nSPS) is 15.5. The summed E-state index contributed by atoms with van der Waals surface area (Å²) in [6, 6.07) is 2.96. The zero-order valence-electron chi connectivity index (χ0n) is 15.5. The van der Waals surface area contributed by atoms with Crippen molar-refractivity contribution >= 4 is 35.2 Å². The molecule has 9 heteroatoms. The van der Waals surface area contributed by atoms with E-state index in [2.05, 4.69) is 16.0 Å². The monoisotopic (exact) mass is 395 g/mol. The zero-order valence-corrected chi connectivity index (χ0v) is 16.3. The van der Waals surface area contributed by atoms with Gasteiger partial charge in [-0.25, -0.2) is 4.79 Å². The number of hydrogen-bond donors (Lipinski definition) is 3. The van der Waals surface area contributed by atoms with Crippen molar-refractivity contribution in [1.29, 1.82) is 0 Å². The lowest BCUT2D eigenvalue weighted by Gasteiger charge is -2.23. The van der Waals surface area contributed by atoms with E-state index in [1.807, 2.05) is 13.0 Å². The Hall–Kier alpha value is -2.42. The second-order valence-corrected chi connectivity index (χ2v) is 7.81. The molecule has 0 aromatic carbocycles. The van der Waals surface area contributed by atoms with E-state index in [0.29, 0.717) is 4.88 Å². The molecule has 0 aliphatic heterocycles. The number of imide groups is 1. The van der Waals surface area contributed by atoms with Gasteiger partial charge in [-0.05, 0) is 38.8 Å². The van der Waals surface area contributed by atoms with Gasteiger partial charge in [-0.15, -0.1) is 11.3 Å². The van der Waals surface area contributed by atoms with Gasteiger partial charge in [0.25, 0.3) is 11.8 Å². The van der Waals surface area contributed by atoms with E-state index in [4.69, 9.17) is 4.74 Å². The summed E-state index contributed by atoms with van der Waals surface area (Å²) in [5, 5.41) is 7.36. The molecule has 0 spiro atoms. The van der Waals surface area contributed by atoms with Crippen LogP contribution in [-0.2, 0) is 14.3 Å². The number of aryl methyl sites for hydroxylation is 1. The van der Waals surface area contributed by atoms with Gasteiger partial charge >= 0.3 is 12.0 Å². The molecule has 1 aliphatic carbocycles. The Balaban J connectivity index is 1.68. The molecule has 0 saturated heterocycles. The van der Waals surface area contributed by atoms with Crippen molar-refractivity contribution in [2.24, 2.45) is 0 Å². The Kier molecular flexibility index (Phi) is 7.78. The first-order valence-electron chi connectivity index (χ1n) is 9.00. The Morgan fingerprint density at radius 1 is 1.19 bits per heavy atom. The lowest BCUT2D eigenvalue weighted by molar-refractivity contribution is -0.153. The number of thiophene rings is 1. The van der Waals surface area contributed by atoms with Gasteiger partial charge in [-0.1, -0.05) is 19.3 Å². The summed E-state index contributed by atoms with van der Waals surface area (Å²) in [6.07, 6.45) is 3.93.